The lowest BCUT2D eigenvalue weighted by molar-refractivity contribution is 0.339. The summed E-state index contributed by atoms with van der Waals surface area (Å²) in [4.78, 5) is 0. The zero-order valence-corrected chi connectivity index (χ0v) is 14.4. The van der Waals surface area contributed by atoms with Gasteiger partial charge < -0.3 is 19.3 Å². The molecule has 2 aromatic rings. The van der Waals surface area contributed by atoms with Crippen LogP contribution in [-0.4, -0.2) is 19.3 Å². The quantitative estimate of drug-likeness (QED) is 0.707. The van der Waals surface area contributed by atoms with Crippen molar-refractivity contribution in [2.45, 2.75) is 26.2 Å². The first-order valence-corrected chi connectivity index (χ1v) is 8.05. The van der Waals surface area contributed by atoms with E-state index in [0.717, 1.165) is 17.7 Å². The first kappa shape index (κ1) is 17.7. The van der Waals surface area contributed by atoms with E-state index >= 15 is 0 Å². The average Bonchev–Trinajstić information content (AvgIpc) is 2.62. The molecule has 2 aromatic carbocycles. The van der Waals surface area contributed by atoms with E-state index in [1.165, 1.54) is 32.6 Å². The summed E-state index contributed by atoms with van der Waals surface area (Å²) in [7, 11) is 3.00. The molecule has 0 saturated carbocycles. The van der Waals surface area contributed by atoms with E-state index in [1.807, 2.05) is 12.1 Å². The van der Waals surface area contributed by atoms with E-state index < -0.39 is 0 Å². The Labute approximate surface area is 143 Å². The van der Waals surface area contributed by atoms with Gasteiger partial charge in [0.15, 0.2) is 11.5 Å². The Hall–Kier alpha value is -2.62. The molecule has 4 heteroatoms. The molecule has 0 amide bonds. The lowest BCUT2D eigenvalue weighted by Gasteiger charge is -2.09. The number of methoxy groups -OCH3 is 2. The molecular weight excluding hydrogens is 304 g/mol. The predicted octanol–water partition coefficient (Wildman–Crippen LogP) is 4.80. The van der Waals surface area contributed by atoms with E-state index in [1.54, 1.807) is 24.5 Å². The summed E-state index contributed by atoms with van der Waals surface area (Å²) in [5.41, 5.74) is 2.13. The van der Waals surface area contributed by atoms with Gasteiger partial charge in [-0.1, -0.05) is 25.5 Å². The molecule has 0 atom stereocenters. The number of phenolic OH excluding ortho intramolecular Hbond substituents is 1. The summed E-state index contributed by atoms with van der Waals surface area (Å²) in [6, 6.07) is 11.5. The third-order valence-electron chi connectivity index (χ3n) is 3.71. The van der Waals surface area contributed by atoms with Gasteiger partial charge >= 0.3 is 0 Å². The van der Waals surface area contributed by atoms with Gasteiger partial charge in [0, 0.05) is 0 Å². The molecule has 1 N–H and O–H groups in total. The summed E-state index contributed by atoms with van der Waals surface area (Å²) < 4.78 is 15.9. The number of hydrogen-bond acceptors (Lipinski definition) is 4. The van der Waals surface area contributed by atoms with E-state index in [0.29, 0.717) is 11.5 Å². The van der Waals surface area contributed by atoms with Crippen molar-refractivity contribution in [2.75, 3.05) is 14.2 Å². The van der Waals surface area contributed by atoms with E-state index in [9.17, 15) is 5.11 Å². The van der Waals surface area contributed by atoms with Crippen molar-refractivity contribution in [2.24, 2.45) is 0 Å². The Morgan fingerprint density at radius 2 is 1.62 bits per heavy atom. The molecule has 0 heterocycles. The summed E-state index contributed by atoms with van der Waals surface area (Å²) in [5, 5.41) is 9.90. The maximum Gasteiger partial charge on any atom is 0.200 e. The van der Waals surface area contributed by atoms with Gasteiger partial charge in [0.05, 0.1) is 20.5 Å². The molecule has 4 nitrogen and oxygen atoms in total. The zero-order chi connectivity index (χ0) is 17.4. The minimum Gasteiger partial charge on any atom is -0.502 e. The smallest absolute Gasteiger partial charge is 0.200 e. The van der Waals surface area contributed by atoms with Crippen LogP contribution in [0.3, 0.4) is 0 Å². The van der Waals surface area contributed by atoms with Crippen LogP contribution in [0.25, 0.3) is 6.08 Å². The fourth-order valence-corrected chi connectivity index (χ4v) is 2.32. The lowest BCUT2D eigenvalue weighted by Crippen LogP contribution is -1.90. The molecular formula is C20H24O4. The van der Waals surface area contributed by atoms with Crippen molar-refractivity contribution < 1.29 is 19.3 Å². The van der Waals surface area contributed by atoms with Crippen LogP contribution in [0.2, 0.25) is 0 Å². The molecule has 0 spiro atoms. The van der Waals surface area contributed by atoms with E-state index in [-0.39, 0.29) is 5.75 Å². The van der Waals surface area contributed by atoms with Gasteiger partial charge in [-0.15, -0.1) is 0 Å². The van der Waals surface area contributed by atoms with Crippen LogP contribution in [0.5, 0.6) is 23.0 Å². The van der Waals surface area contributed by atoms with Gasteiger partial charge in [0.1, 0.15) is 5.75 Å². The van der Waals surface area contributed by atoms with Crippen molar-refractivity contribution in [3.8, 4) is 23.0 Å². The van der Waals surface area contributed by atoms with Crippen LogP contribution in [0.15, 0.2) is 42.7 Å². The molecule has 24 heavy (non-hydrogen) atoms. The van der Waals surface area contributed by atoms with Crippen molar-refractivity contribution in [3.05, 3.63) is 53.8 Å². The molecule has 0 bridgehead atoms. The molecule has 0 unspecified atom stereocenters. The summed E-state index contributed by atoms with van der Waals surface area (Å²) in [6.07, 6.45) is 6.88. The third kappa shape index (κ3) is 4.69. The molecule has 0 saturated heterocycles. The SMILES string of the molecule is CCCCc1ccc(O/C=C/c2cc(OC)c(O)c(OC)c2)cc1. The first-order valence-electron chi connectivity index (χ1n) is 8.05. The van der Waals surface area contributed by atoms with Gasteiger partial charge in [0.2, 0.25) is 5.75 Å². The highest BCUT2D eigenvalue weighted by Crippen LogP contribution is 2.37. The zero-order valence-electron chi connectivity index (χ0n) is 14.4. The minimum atomic E-state index is -0.0132. The number of benzene rings is 2. The number of rotatable bonds is 8. The number of ether oxygens (including phenoxy) is 3. The van der Waals surface area contributed by atoms with E-state index in [2.05, 4.69) is 19.1 Å². The normalized spacial score (nSPS) is 10.8. The Bertz CT molecular complexity index is 650. The molecule has 0 radical (unpaired) electrons. The highest BCUT2D eigenvalue weighted by atomic mass is 16.5. The number of hydrogen-bond donors (Lipinski definition) is 1. The molecule has 0 aliphatic heterocycles. The van der Waals surface area contributed by atoms with Gasteiger partial charge in [0.25, 0.3) is 0 Å². The highest BCUT2D eigenvalue weighted by Gasteiger charge is 2.09. The standard InChI is InChI=1S/C20H24O4/c1-4-5-6-15-7-9-17(10-8-15)24-12-11-16-13-18(22-2)20(21)19(14-16)23-3/h7-14,21H,4-6H2,1-3H3/b12-11+. The summed E-state index contributed by atoms with van der Waals surface area (Å²) in [5.74, 6) is 1.48. The van der Waals surface area contributed by atoms with Crippen LogP contribution < -0.4 is 14.2 Å². The van der Waals surface area contributed by atoms with Crippen LogP contribution >= 0.6 is 0 Å². The maximum atomic E-state index is 9.90. The lowest BCUT2D eigenvalue weighted by atomic mass is 10.1. The highest BCUT2D eigenvalue weighted by molar-refractivity contribution is 5.61. The second-order valence-corrected chi connectivity index (χ2v) is 5.44. The van der Waals surface area contributed by atoms with Crippen LogP contribution in [0, 0.1) is 0 Å². The van der Waals surface area contributed by atoms with Gasteiger partial charge in [-0.2, -0.15) is 0 Å². The maximum absolute atomic E-state index is 9.90. The predicted molar refractivity (Wildman–Crippen MR) is 95.9 cm³/mol. The number of aromatic hydroxyl groups is 1. The minimum absolute atomic E-state index is 0.0132. The Morgan fingerprint density at radius 1 is 1.00 bits per heavy atom. The fourth-order valence-electron chi connectivity index (χ4n) is 2.32. The van der Waals surface area contributed by atoms with Crippen molar-refractivity contribution in [3.63, 3.8) is 0 Å². The summed E-state index contributed by atoms with van der Waals surface area (Å²) in [6.45, 7) is 2.19. The Kier molecular flexibility index (Phi) is 6.55. The number of unbranched alkanes of at least 4 members (excludes halogenated alkanes) is 1. The van der Waals surface area contributed by atoms with Crippen LogP contribution in [0.4, 0.5) is 0 Å². The molecule has 0 aliphatic carbocycles. The van der Waals surface area contributed by atoms with Crippen LogP contribution in [0.1, 0.15) is 30.9 Å². The van der Waals surface area contributed by atoms with Gasteiger partial charge in [-0.25, -0.2) is 0 Å². The summed E-state index contributed by atoms with van der Waals surface area (Å²) >= 11 is 0. The molecule has 0 fully saturated rings. The second kappa shape index (κ2) is 8.87. The Balaban J connectivity index is 2.03. The molecule has 128 valence electrons. The van der Waals surface area contributed by atoms with Gasteiger partial charge in [-0.05, 0) is 54.3 Å². The van der Waals surface area contributed by atoms with Crippen molar-refractivity contribution in [1.29, 1.82) is 0 Å². The average molecular weight is 328 g/mol. The second-order valence-electron chi connectivity index (χ2n) is 5.44. The van der Waals surface area contributed by atoms with Crippen molar-refractivity contribution in [1.82, 2.24) is 0 Å². The number of aryl methyl sites for hydroxylation is 1. The topological polar surface area (TPSA) is 47.9 Å². The van der Waals surface area contributed by atoms with E-state index in [4.69, 9.17) is 14.2 Å². The monoisotopic (exact) mass is 328 g/mol. The Morgan fingerprint density at radius 3 is 2.17 bits per heavy atom. The van der Waals surface area contributed by atoms with Crippen molar-refractivity contribution >= 4 is 6.08 Å². The molecule has 0 aromatic heterocycles. The largest absolute Gasteiger partial charge is 0.502 e. The first-order chi connectivity index (χ1) is 11.7. The molecule has 2 rings (SSSR count). The fraction of sp³-hybridized carbons (Fsp3) is 0.300. The third-order valence-corrected chi connectivity index (χ3v) is 3.71. The number of phenols is 1. The van der Waals surface area contributed by atoms with Crippen LogP contribution in [-0.2, 0) is 6.42 Å². The van der Waals surface area contributed by atoms with Gasteiger partial charge in [-0.3, -0.25) is 0 Å². The molecule has 0 aliphatic rings.